The molecular weight excluding hydrogens is 266 g/mol. The van der Waals surface area contributed by atoms with Crippen molar-refractivity contribution in [3.05, 3.63) is 16.6 Å². The highest BCUT2D eigenvalue weighted by Gasteiger charge is 2.20. The molecule has 3 nitrogen and oxygen atoms in total. The fourth-order valence-electron chi connectivity index (χ4n) is 2.14. The summed E-state index contributed by atoms with van der Waals surface area (Å²) in [6.07, 6.45) is 7.03. The molecule has 1 aliphatic rings. The maximum atomic E-state index is 4.56. The van der Waals surface area contributed by atoms with Crippen LogP contribution in [0.15, 0.2) is 11.8 Å². The summed E-state index contributed by atoms with van der Waals surface area (Å²) in [6.45, 7) is 12.0. The van der Waals surface area contributed by atoms with E-state index >= 15 is 0 Å². The molecule has 2 rings (SSSR count). The first-order chi connectivity index (χ1) is 9.63. The predicted octanol–water partition coefficient (Wildman–Crippen LogP) is 3.78. The van der Waals surface area contributed by atoms with E-state index in [0.29, 0.717) is 5.92 Å². The average molecular weight is 293 g/mol. The van der Waals surface area contributed by atoms with E-state index < -0.39 is 0 Å². The Kier molecular flexibility index (Phi) is 5.61. The molecule has 1 aromatic heterocycles. The molecule has 1 fully saturated rings. The van der Waals surface area contributed by atoms with E-state index in [9.17, 15) is 0 Å². The van der Waals surface area contributed by atoms with Gasteiger partial charge in [0.1, 0.15) is 0 Å². The number of nitrogens with zero attached hydrogens (tertiary/aromatic N) is 2. The number of nitrogens with one attached hydrogen (secondary N) is 1. The third-order valence-electron chi connectivity index (χ3n) is 3.79. The van der Waals surface area contributed by atoms with E-state index in [1.54, 1.807) is 11.3 Å². The van der Waals surface area contributed by atoms with Gasteiger partial charge in [-0.2, -0.15) is 0 Å². The summed E-state index contributed by atoms with van der Waals surface area (Å²) in [6, 6.07) is 0.768. The van der Waals surface area contributed by atoms with E-state index in [1.165, 1.54) is 23.3 Å². The SMILES string of the molecule is CCN(CC)c1ncc(C=C(CNC2CC2)C(C)C)s1. The van der Waals surface area contributed by atoms with Crippen molar-refractivity contribution in [1.82, 2.24) is 10.3 Å². The van der Waals surface area contributed by atoms with Crippen LogP contribution in [0.4, 0.5) is 5.13 Å². The Morgan fingerprint density at radius 3 is 2.70 bits per heavy atom. The molecule has 20 heavy (non-hydrogen) atoms. The Bertz CT molecular complexity index is 442. The number of rotatable bonds is 8. The first-order valence-corrected chi connectivity index (χ1v) is 8.60. The van der Waals surface area contributed by atoms with E-state index in [0.717, 1.165) is 30.8 Å². The standard InChI is InChI=1S/C16H27N3S/c1-5-19(6-2)16-18-11-15(20-16)9-13(12(3)4)10-17-14-7-8-14/h9,11-12,14,17H,5-8,10H2,1-4H3. The first kappa shape index (κ1) is 15.5. The van der Waals surface area contributed by atoms with Crippen LogP contribution in [0.25, 0.3) is 6.08 Å². The molecule has 4 heteroatoms. The summed E-state index contributed by atoms with van der Waals surface area (Å²) in [5.41, 5.74) is 1.48. The summed E-state index contributed by atoms with van der Waals surface area (Å²) in [5, 5.41) is 4.75. The van der Waals surface area contributed by atoms with Gasteiger partial charge in [0.2, 0.25) is 0 Å². The molecule has 1 N–H and O–H groups in total. The quantitative estimate of drug-likeness (QED) is 0.790. The highest BCUT2D eigenvalue weighted by atomic mass is 32.1. The number of hydrogen-bond acceptors (Lipinski definition) is 4. The van der Waals surface area contributed by atoms with E-state index in [-0.39, 0.29) is 0 Å². The smallest absolute Gasteiger partial charge is 0.185 e. The van der Waals surface area contributed by atoms with Crippen LogP contribution in [0, 0.1) is 5.92 Å². The van der Waals surface area contributed by atoms with Crippen molar-refractivity contribution in [2.24, 2.45) is 5.92 Å². The fraction of sp³-hybridized carbons (Fsp3) is 0.688. The molecule has 1 aromatic rings. The van der Waals surface area contributed by atoms with Gasteiger partial charge in [0, 0.05) is 36.8 Å². The maximum Gasteiger partial charge on any atom is 0.185 e. The third-order valence-corrected chi connectivity index (χ3v) is 4.79. The molecule has 1 heterocycles. The van der Waals surface area contributed by atoms with Crippen LogP contribution in [-0.4, -0.2) is 30.7 Å². The van der Waals surface area contributed by atoms with Gasteiger partial charge in [0.15, 0.2) is 5.13 Å². The van der Waals surface area contributed by atoms with Crippen LogP contribution in [0.3, 0.4) is 0 Å². The first-order valence-electron chi connectivity index (χ1n) is 7.78. The number of aromatic nitrogens is 1. The normalized spacial score (nSPS) is 15.9. The lowest BCUT2D eigenvalue weighted by molar-refractivity contribution is 0.663. The second kappa shape index (κ2) is 7.23. The maximum absolute atomic E-state index is 4.56. The van der Waals surface area contributed by atoms with Gasteiger partial charge in [0.05, 0.1) is 0 Å². The highest BCUT2D eigenvalue weighted by molar-refractivity contribution is 7.16. The van der Waals surface area contributed by atoms with E-state index in [4.69, 9.17) is 0 Å². The Labute approximate surface area is 127 Å². The molecule has 0 aliphatic heterocycles. The van der Waals surface area contributed by atoms with Gasteiger partial charge < -0.3 is 10.2 Å². The lowest BCUT2D eigenvalue weighted by Gasteiger charge is -2.16. The number of hydrogen-bond donors (Lipinski definition) is 1. The molecule has 0 aromatic carbocycles. The zero-order valence-corrected chi connectivity index (χ0v) is 14.0. The van der Waals surface area contributed by atoms with Gasteiger partial charge in [-0.25, -0.2) is 4.98 Å². The molecule has 0 amide bonds. The molecule has 112 valence electrons. The number of anilines is 1. The molecular formula is C16H27N3S. The van der Waals surface area contributed by atoms with Crippen molar-refractivity contribution in [1.29, 1.82) is 0 Å². The Balaban J connectivity index is 2.05. The van der Waals surface area contributed by atoms with Crippen LogP contribution < -0.4 is 10.2 Å². The summed E-state index contributed by atoms with van der Waals surface area (Å²) in [7, 11) is 0. The van der Waals surface area contributed by atoms with Crippen molar-refractivity contribution < 1.29 is 0 Å². The second-order valence-electron chi connectivity index (χ2n) is 5.75. The van der Waals surface area contributed by atoms with Gasteiger partial charge in [0.25, 0.3) is 0 Å². The van der Waals surface area contributed by atoms with Crippen LogP contribution >= 0.6 is 11.3 Å². The Morgan fingerprint density at radius 2 is 2.15 bits per heavy atom. The van der Waals surface area contributed by atoms with Crippen molar-refractivity contribution in [3.8, 4) is 0 Å². The van der Waals surface area contributed by atoms with Gasteiger partial charge in [-0.3, -0.25) is 0 Å². The molecule has 0 atom stereocenters. The lowest BCUT2D eigenvalue weighted by Crippen LogP contribution is -2.21. The Morgan fingerprint density at radius 1 is 1.45 bits per heavy atom. The zero-order valence-electron chi connectivity index (χ0n) is 13.1. The second-order valence-corrected chi connectivity index (χ2v) is 6.79. The molecule has 0 radical (unpaired) electrons. The lowest BCUT2D eigenvalue weighted by atomic mass is 10.0. The largest absolute Gasteiger partial charge is 0.349 e. The van der Waals surface area contributed by atoms with Gasteiger partial charge in [-0.15, -0.1) is 0 Å². The van der Waals surface area contributed by atoms with Crippen molar-refractivity contribution in [3.63, 3.8) is 0 Å². The van der Waals surface area contributed by atoms with Crippen LogP contribution in [0.1, 0.15) is 45.4 Å². The molecule has 0 saturated heterocycles. The van der Waals surface area contributed by atoms with E-state index in [2.05, 4.69) is 49.0 Å². The topological polar surface area (TPSA) is 28.2 Å². The van der Waals surface area contributed by atoms with Crippen molar-refractivity contribution in [2.75, 3.05) is 24.5 Å². The summed E-state index contributed by atoms with van der Waals surface area (Å²) in [5.74, 6) is 0.584. The Hall–Kier alpha value is -0.870. The molecule has 0 bridgehead atoms. The molecule has 0 spiro atoms. The third kappa shape index (κ3) is 4.32. The monoisotopic (exact) mass is 293 g/mol. The van der Waals surface area contributed by atoms with Gasteiger partial charge in [-0.05, 0) is 38.7 Å². The highest BCUT2D eigenvalue weighted by Crippen LogP contribution is 2.26. The fourth-order valence-corrected chi connectivity index (χ4v) is 3.16. The number of thiazole rings is 1. The minimum absolute atomic E-state index is 0.584. The van der Waals surface area contributed by atoms with E-state index in [1.807, 2.05) is 6.20 Å². The van der Waals surface area contributed by atoms with Crippen LogP contribution in [0.2, 0.25) is 0 Å². The summed E-state index contributed by atoms with van der Waals surface area (Å²) < 4.78 is 0. The van der Waals surface area contributed by atoms with Crippen molar-refractivity contribution in [2.45, 2.75) is 46.6 Å². The summed E-state index contributed by atoms with van der Waals surface area (Å²) in [4.78, 5) is 8.13. The average Bonchev–Trinajstić information content (AvgIpc) is 3.15. The van der Waals surface area contributed by atoms with Gasteiger partial charge >= 0.3 is 0 Å². The van der Waals surface area contributed by atoms with Gasteiger partial charge in [-0.1, -0.05) is 30.8 Å². The molecule has 0 unspecified atom stereocenters. The zero-order chi connectivity index (χ0) is 14.5. The minimum Gasteiger partial charge on any atom is -0.349 e. The van der Waals surface area contributed by atoms with Crippen LogP contribution in [0.5, 0.6) is 0 Å². The summed E-state index contributed by atoms with van der Waals surface area (Å²) >= 11 is 1.80. The molecule has 1 aliphatic carbocycles. The molecule has 1 saturated carbocycles. The van der Waals surface area contributed by atoms with Crippen molar-refractivity contribution >= 4 is 22.5 Å². The predicted molar refractivity (Wildman–Crippen MR) is 89.5 cm³/mol. The van der Waals surface area contributed by atoms with Crippen LogP contribution in [-0.2, 0) is 0 Å². The minimum atomic E-state index is 0.584.